The van der Waals surface area contributed by atoms with Gasteiger partial charge in [-0.05, 0) is 56.2 Å². The molecule has 0 fully saturated rings. The van der Waals surface area contributed by atoms with E-state index in [0.717, 1.165) is 6.42 Å². The molecule has 146 valence electrons. The topological polar surface area (TPSA) is 0 Å². The Morgan fingerprint density at radius 2 is 1.00 bits per heavy atom. The van der Waals surface area contributed by atoms with Gasteiger partial charge in [0.25, 0.3) is 0 Å². The lowest BCUT2D eigenvalue weighted by molar-refractivity contribution is 0.572. The molecule has 3 aromatic carbocycles. The fraction of sp³-hybridized carbons (Fsp3) is 0.357. The minimum atomic E-state index is 0.105. The van der Waals surface area contributed by atoms with Crippen molar-refractivity contribution < 1.29 is 0 Å². The molecule has 0 radical (unpaired) electrons. The van der Waals surface area contributed by atoms with Crippen molar-refractivity contribution in [1.82, 2.24) is 0 Å². The van der Waals surface area contributed by atoms with Crippen molar-refractivity contribution in [2.45, 2.75) is 65.7 Å². The smallest absolute Gasteiger partial charge is 0.0112 e. The molecule has 0 unspecified atom stereocenters. The van der Waals surface area contributed by atoms with Gasteiger partial charge in [-0.3, -0.25) is 0 Å². The lowest BCUT2D eigenvalue weighted by Gasteiger charge is -2.31. The maximum absolute atomic E-state index is 2.36. The second-order valence-electron chi connectivity index (χ2n) is 9.81. The predicted molar refractivity (Wildman–Crippen MR) is 124 cm³/mol. The van der Waals surface area contributed by atoms with Crippen LogP contribution in [-0.2, 0) is 17.3 Å². The van der Waals surface area contributed by atoms with Crippen LogP contribution in [0.4, 0.5) is 0 Å². The van der Waals surface area contributed by atoms with E-state index < -0.39 is 0 Å². The maximum atomic E-state index is 2.36. The average Bonchev–Trinajstić information content (AvgIpc) is 2.66. The molecule has 0 atom stereocenters. The van der Waals surface area contributed by atoms with E-state index in [4.69, 9.17) is 0 Å². The Morgan fingerprint density at radius 1 is 0.536 bits per heavy atom. The van der Waals surface area contributed by atoms with Crippen molar-refractivity contribution in [3.8, 4) is 22.3 Å². The zero-order valence-electron chi connectivity index (χ0n) is 18.6. The molecule has 0 N–H and O–H groups in total. The Balaban J connectivity index is 2.21. The first-order valence-corrected chi connectivity index (χ1v) is 10.5. The highest BCUT2D eigenvalue weighted by Crippen LogP contribution is 2.41. The number of hydrogen-bond acceptors (Lipinski definition) is 0. The van der Waals surface area contributed by atoms with Crippen molar-refractivity contribution >= 4 is 0 Å². The number of benzene rings is 3. The first-order valence-electron chi connectivity index (χ1n) is 10.5. The molecule has 0 aliphatic carbocycles. The van der Waals surface area contributed by atoms with Crippen LogP contribution in [0.1, 0.15) is 65.2 Å². The Labute approximate surface area is 171 Å². The Bertz CT molecular complexity index is 930. The van der Waals surface area contributed by atoms with Crippen molar-refractivity contribution in [2.24, 2.45) is 0 Å². The monoisotopic (exact) mass is 370 g/mol. The highest BCUT2D eigenvalue weighted by molar-refractivity contribution is 5.77. The van der Waals surface area contributed by atoms with Crippen LogP contribution in [0.25, 0.3) is 22.3 Å². The summed E-state index contributed by atoms with van der Waals surface area (Å²) < 4.78 is 0. The molecule has 0 nitrogen and oxygen atoms in total. The van der Waals surface area contributed by atoms with E-state index in [9.17, 15) is 0 Å². The van der Waals surface area contributed by atoms with E-state index in [0.29, 0.717) is 0 Å². The fourth-order valence-electron chi connectivity index (χ4n) is 4.13. The summed E-state index contributed by atoms with van der Waals surface area (Å²) in [7, 11) is 0. The van der Waals surface area contributed by atoms with E-state index in [1.54, 1.807) is 0 Å². The van der Waals surface area contributed by atoms with E-state index in [1.165, 1.54) is 38.9 Å². The van der Waals surface area contributed by atoms with Crippen LogP contribution in [0, 0.1) is 0 Å². The normalized spacial score (nSPS) is 12.2. The van der Waals surface area contributed by atoms with Crippen LogP contribution in [0.3, 0.4) is 0 Å². The van der Waals surface area contributed by atoms with Crippen LogP contribution in [0.15, 0.2) is 66.7 Å². The van der Waals surface area contributed by atoms with E-state index in [1.807, 2.05) is 0 Å². The molecule has 0 saturated heterocycles. The van der Waals surface area contributed by atoms with Gasteiger partial charge in [0.2, 0.25) is 0 Å². The summed E-state index contributed by atoms with van der Waals surface area (Å²) in [5.74, 6) is 0. The van der Waals surface area contributed by atoms with E-state index in [-0.39, 0.29) is 10.8 Å². The molecule has 3 aromatic rings. The minimum absolute atomic E-state index is 0.105. The van der Waals surface area contributed by atoms with Gasteiger partial charge in [0.1, 0.15) is 0 Å². The molecule has 0 heterocycles. The van der Waals surface area contributed by atoms with Gasteiger partial charge in [0.05, 0.1) is 0 Å². The summed E-state index contributed by atoms with van der Waals surface area (Å²) in [5.41, 5.74) is 9.93. The molecule has 3 rings (SSSR count). The molecular formula is C28H34. The molecule has 0 bridgehead atoms. The van der Waals surface area contributed by atoms with Crippen LogP contribution in [-0.4, -0.2) is 0 Å². The van der Waals surface area contributed by atoms with Gasteiger partial charge >= 0.3 is 0 Å². The first-order chi connectivity index (χ1) is 13.1. The Hall–Kier alpha value is -2.34. The van der Waals surface area contributed by atoms with E-state index in [2.05, 4.69) is 115 Å². The second kappa shape index (κ2) is 7.59. The zero-order chi connectivity index (χ0) is 20.5. The van der Waals surface area contributed by atoms with Gasteiger partial charge in [-0.1, -0.05) is 115 Å². The van der Waals surface area contributed by atoms with Crippen molar-refractivity contribution in [3.63, 3.8) is 0 Å². The lowest BCUT2D eigenvalue weighted by Crippen LogP contribution is -2.19. The fourth-order valence-corrected chi connectivity index (χ4v) is 4.13. The summed E-state index contributed by atoms with van der Waals surface area (Å²) in [5, 5.41) is 0. The molecule has 28 heavy (non-hydrogen) atoms. The molecule has 0 aromatic heterocycles. The van der Waals surface area contributed by atoms with Crippen LogP contribution in [0.5, 0.6) is 0 Å². The highest BCUT2D eigenvalue weighted by atomic mass is 14.3. The summed E-state index contributed by atoms with van der Waals surface area (Å²) in [6.07, 6.45) is 1.05. The van der Waals surface area contributed by atoms with Crippen LogP contribution in [0.2, 0.25) is 0 Å². The Morgan fingerprint density at radius 3 is 1.50 bits per heavy atom. The third kappa shape index (κ3) is 4.07. The van der Waals surface area contributed by atoms with Gasteiger partial charge in [-0.2, -0.15) is 0 Å². The number of rotatable bonds is 3. The zero-order valence-corrected chi connectivity index (χ0v) is 18.6. The summed E-state index contributed by atoms with van der Waals surface area (Å²) >= 11 is 0. The van der Waals surface area contributed by atoms with Gasteiger partial charge in [-0.25, -0.2) is 0 Å². The van der Waals surface area contributed by atoms with E-state index >= 15 is 0 Å². The van der Waals surface area contributed by atoms with Crippen molar-refractivity contribution in [3.05, 3.63) is 83.4 Å². The van der Waals surface area contributed by atoms with Gasteiger partial charge in [0.15, 0.2) is 0 Å². The molecule has 0 amide bonds. The Kier molecular flexibility index (Phi) is 5.53. The summed E-state index contributed by atoms with van der Waals surface area (Å²) in [6, 6.07) is 24.5. The standard InChI is InChI=1S/C28H34/c1-8-23-24(27(2,3)4)18-19-25(28(5,6)7)26(23)22-16-14-21(15-17-22)20-12-10-9-11-13-20/h9-19H,8H2,1-7H3. The lowest BCUT2D eigenvalue weighted by atomic mass is 9.74. The van der Waals surface area contributed by atoms with Gasteiger partial charge < -0.3 is 0 Å². The SMILES string of the molecule is CCc1c(C(C)(C)C)ccc(C(C)(C)C)c1-c1ccc(-c2ccccc2)cc1. The third-order valence-corrected chi connectivity index (χ3v) is 5.56. The molecule has 0 aliphatic rings. The van der Waals surface area contributed by atoms with Gasteiger partial charge in [0, 0.05) is 0 Å². The highest BCUT2D eigenvalue weighted by Gasteiger charge is 2.26. The molecule has 0 saturated carbocycles. The third-order valence-electron chi connectivity index (χ3n) is 5.56. The molecule has 0 aliphatic heterocycles. The average molecular weight is 371 g/mol. The summed E-state index contributed by atoms with van der Waals surface area (Å²) in [4.78, 5) is 0. The number of hydrogen-bond donors (Lipinski definition) is 0. The van der Waals surface area contributed by atoms with Crippen molar-refractivity contribution in [2.75, 3.05) is 0 Å². The molecular weight excluding hydrogens is 336 g/mol. The second-order valence-corrected chi connectivity index (χ2v) is 9.81. The largest absolute Gasteiger partial charge is 0.0622 e. The minimum Gasteiger partial charge on any atom is -0.0622 e. The summed E-state index contributed by atoms with van der Waals surface area (Å²) in [6.45, 7) is 16.2. The predicted octanol–water partition coefficient (Wildman–Crippen LogP) is 8.18. The quantitative estimate of drug-likeness (QED) is 0.436. The maximum Gasteiger partial charge on any atom is -0.0112 e. The van der Waals surface area contributed by atoms with Crippen LogP contribution < -0.4 is 0 Å². The first kappa shape index (κ1) is 20.4. The molecule has 0 spiro atoms. The van der Waals surface area contributed by atoms with Gasteiger partial charge in [-0.15, -0.1) is 0 Å². The van der Waals surface area contributed by atoms with Crippen LogP contribution >= 0.6 is 0 Å². The van der Waals surface area contributed by atoms with Crippen molar-refractivity contribution in [1.29, 1.82) is 0 Å². The molecule has 0 heteroatoms.